The molecule has 1 aliphatic carbocycles. The van der Waals surface area contributed by atoms with Gasteiger partial charge in [-0.3, -0.25) is 14.4 Å². The molecule has 0 bridgehead atoms. The Morgan fingerprint density at radius 3 is 2.12 bits per heavy atom. The number of carbonyl (C=O) groups excluding carboxylic acids is 3. The minimum Gasteiger partial charge on any atom is -0.511 e. The highest BCUT2D eigenvalue weighted by molar-refractivity contribution is 6.24. The van der Waals surface area contributed by atoms with E-state index in [1.165, 1.54) is 0 Å². The van der Waals surface area contributed by atoms with Crippen LogP contribution in [0.5, 0.6) is 0 Å². The molecule has 0 aromatic heterocycles. The molecule has 0 heterocycles. The second-order valence-corrected chi connectivity index (χ2v) is 8.80. The Morgan fingerprint density at radius 1 is 1.12 bits per heavy atom. The molecule has 0 spiro atoms. The lowest BCUT2D eigenvalue weighted by Crippen LogP contribution is -2.36. The predicted octanol–water partition coefficient (Wildman–Crippen LogP) is 4.01. The summed E-state index contributed by atoms with van der Waals surface area (Å²) in [6.07, 6.45) is 0.339. The Bertz CT molecular complexity index is 563. The van der Waals surface area contributed by atoms with E-state index < -0.39 is 29.2 Å². The van der Waals surface area contributed by atoms with Gasteiger partial charge >= 0.3 is 5.97 Å². The van der Waals surface area contributed by atoms with Gasteiger partial charge in [-0.1, -0.05) is 34.1 Å². The minimum absolute atomic E-state index is 0.0749. The van der Waals surface area contributed by atoms with E-state index in [0.717, 1.165) is 6.42 Å². The number of aliphatic hydroxyl groups excluding tert-OH is 1. The van der Waals surface area contributed by atoms with Crippen molar-refractivity contribution < 1.29 is 24.2 Å². The fourth-order valence-corrected chi connectivity index (χ4v) is 2.76. The van der Waals surface area contributed by atoms with E-state index in [1.807, 2.05) is 27.7 Å². The summed E-state index contributed by atoms with van der Waals surface area (Å²) < 4.78 is 5.45. The molecule has 2 atom stereocenters. The lowest BCUT2D eigenvalue weighted by atomic mass is 9.93. The van der Waals surface area contributed by atoms with E-state index in [1.54, 1.807) is 20.8 Å². The summed E-state index contributed by atoms with van der Waals surface area (Å²) in [5, 5.41) is 10.5. The molecule has 5 nitrogen and oxygen atoms in total. The van der Waals surface area contributed by atoms with Crippen molar-refractivity contribution in [2.75, 3.05) is 0 Å². The van der Waals surface area contributed by atoms with Crippen LogP contribution in [0.25, 0.3) is 0 Å². The molecule has 1 rings (SSSR count). The molecule has 1 aliphatic rings. The number of rotatable bonds is 7. The maximum absolute atomic E-state index is 12.7. The van der Waals surface area contributed by atoms with Crippen molar-refractivity contribution in [1.29, 1.82) is 0 Å². The number of hydrogen-bond donors (Lipinski definition) is 1. The Kier molecular flexibility index (Phi) is 6.98. The SMILES string of the molecule is CC(C)CCC1C(O)=C(C(=O)CC(C)C)C(=O)C1OC(=O)C(C)(C)C. The standard InChI is InChI=1S/C20H32O5/c1-11(2)8-9-13-16(22)15(14(21)10-12(3)4)17(23)18(13)25-19(24)20(5,6)7/h11-13,18,22H,8-10H2,1-7H3. The van der Waals surface area contributed by atoms with Gasteiger partial charge < -0.3 is 9.84 Å². The van der Waals surface area contributed by atoms with Crippen LogP contribution in [0.3, 0.4) is 0 Å². The molecule has 0 amide bonds. The second-order valence-electron chi connectivity index (χ2n) is 8.80. The highest BCUT2D eigenvalue weighted by Crippen LogP contribution is 2.36. The first-order valence-electron chi connectivity index (χ1n) is 9.07. The van der Waals surface area contributed by atoms with Crippen molar-refractivity contribution in [3.05, 3.63) is 11.3 Å². The number of esters is 1. The van der Waals surface area contributed by atoms with Crippen LogP contribution in [0.15, 0.2) is 11.3 Å². The van der Waals surface area contributed by atoms with E-state index in [-0.39, 0.29) is 29.5 Å². The molecule has 1 N–H and O–H groups in total. The maximum Gasteiger partial charge on any atom is 0.311 e. The van der Waals surface area contributed by atoms with Gasteiger partial charge in [0.1, 0.15) is 11.3 Å². The van der Waals surface area contributed by atoms with Gasteiger partial charge in [0, 0.05) is 6.42 Å². The van der Waals surface area contributed by atoms with Crippen molar-refractivity contribution >= 4 is 17.5 Å². The van der Waals surface area contributed by atoms with Gasteiger partial charge in [-0.05, 0) is 39.0 Å². The first-order chi connectivity index (χ1) is 11.4. The van der Waals surface area contributed by atoms with Gasteiger partial charge in [-0.25, -0.2) is 0 Å². The van der Waals surface area contributed by atoms with Gasteiger partial charge in [0.2, 0.25) is 5.78 Å². The maximum atomic E-state index is 12.7. The minimum atomic E-state index is -1.10. The Morgan fingerprint density at radius 2 is 1.68 bits per heavy atom. The monoisotopic (exact) mass is 352 g/mol. The number of hydrogen-bond acceptors (Lipinski definition) is 5. The molecule has 0 saturated carbocycles. The first-order valence-corrected chi connectivity index (χ1v) is 9.07. The van der Waals surface area contributed by atoms with Crippen LogP contribution in [0, 0.1) is 23.2 Å². The molecule has 0 aliphatic heterocycles. The van der Waals surface area contributed by atoms with Gasteiger partial charge in [0.25, 0.3) is 0 Å². The number of ether oxygens (including phenoxy) is 1. The zero-order valence-electron chi connectivity index (χ0n) is 16.5. The number of aliphatic hydroxyl groups is 1. The second kappa shape index (κ2) is 8.15. The van der Waals surface area contributed by atoms with Crippen molar-refractivity contribution in [3.8, 4) is 0 Å². The molecule has 0 radical (unpaired) electrons. The summed E-state index contributed by atoms with van der Waals surface area (Å²) in [7, 11) is 0. The van der Waals surface area contributed by atoms with Gasteiger partial charge in [0.15, 0.2) is 11.9 Å². The Hall–Kier alpha value is -1.65. The molecule has 142 valence electrons. The van der Waals surface area contributed by atoms with Crippen LogP contribution >= 0.6 is 0 Å². The zero-order valence-corrected chi connectivity index (χ0v) is 16.5. The summed E-state index contributed by atoms with van der Waals surface area (Å²) in [5.41, 5.74) is -0.933. The number of Topliss-reactive ketones (excluding diaryl/α,β-unsaturated/α-hetero) is 2. The van der Waals surface area contributed by atoms with E-state index in [2.05, 4.69) is 0 Å². The molecule has 5 heteroatoms. The molecule has 0 aromatic rings. The fraction of sp³-hybridized carbons (Fsp3) is 0.750. The summed E-state index contributed by atoms with van der Waals surface area (Å²) in [6, 6.07) is 0. The summed E-state index contributed by atoms with van der Waals surface area (Å²) in [4.78, 5) is 37.4. The fourth-order valence-electron chi connectivity index (χ4n) is 2.76. The quantitative estimate of drug-likeness (QED) is 0.553. The summed E-state index contributed by atoms with van der Waals surface area (Å²) in [5.74, 6) is -1.83. The molecule has 2 unspecified atom stereocenters. The largest absolute Gasteiger partial charge is 0.511 e. The first kappa shape index (κ1) is 21.4. The lowest BCUT2D eigenvalue weighted by Gasteiger charge is -2.24. The topological polar surface area (TPSA) is 80.7 Å². The Balaban J connectivity index is 3.12. The number of ketones is 2. The molecular formula is C20H32O5. The van der Waals surface area contributed by atoms with E-state index in [9.17, 15) is 19.5 Å². The molecule has 0 aromatic carbocycles. The number of carbonyl (C=O) groups is 3. The average molecular weight is 352 g/mol. The summed E-state index contributed by atoms with van der Waals surface area (Å²) in [6.45, 7) is 12.9. The van der Waals surface area contributed by atoms with E-state index >= 15 is 0 Å². The highest BCUT2D eigenvalue weighted by atomic mass is 16.6. The molecule has 0 saturated heterocycles. The van der Waals surface area contributed by atoms with Crippen LogP contribution in [0.4, 0.5) is 0 Å². The zero-order chi connectivity index (χ0) is 19.5. The van der Waals surface area contributed by atoms with Crippen LogP contribution < -0.4 is 0 Å². The highest BCUT2D eigenvalue weighted by Gasteiger charge is 2.47. The smallest absolute Gasteiger partial charge is 0.311 e. The van der Waals surface area contributed by atoms with Crippen LogP contribution in [0.1, 0.15) is 67.7 Å². The third kappa shape index (κ3) is 5.41. The lowest BCUT2D eigenvalue weighted by molar-refractivity contribution is -0.164. The Labute approximate surface area is 150 Å². The van der Waals surface area contributed by atoms with Crippen molar-refractivity contribution in [3.63, 3.8) is 0 Å². The van der Waals surface area contributed by atoms with Gasteiger partial charge in [-0.2, -0.15) is 0 Å². The van der Waals surface area contributed by atoms with Gasteiger partial charge in [0.05, 0.1) is 11.3 Å². The third-order valence-corrected chi connectivity index (χ3v) is 4.25. The normalized spacial score (nSPS) is 21.4. The molecule has 25 heavy (non-hydrogen) atoms. The van der Waals surface area contributed by atoms with Crippen molar-refractivity contribution in [2.24, 2.45) is 23.2 Å². The molecule has 0 fully saturated rings. The molecular weight excluding hydrogens is 320 g/mol. The average Bonchev–Trinajstić information content (AvgIpc) is 2.66. The van der Waals surface area contributed by atoms with Crippen LogP contribution in [-0.4, -0.2) is 28.7 Å². The third-order valence-electron chi connectivity index (χ3n) is 4.25. The van der Waals surface area contributed by atoms with Crippen molar-refractivity contribution in [1.82, 2.24) is 0 Å². The van der Waals surface area contributed by atoms with Crippen LogP contribution in [0.2, 0.25) is 0 Å². The van der Waals surface area contributed by atoms with Gasteiger partial charge in [-0.15, -0.1) is 0 Å². The predicted molar refractivity (Wildman–Crippen MR) is 96.0 cm³/mol. The van der Waals surface area contributed by atoms with Crippen LogP contribution in [-0.2, 0) is 19.1 Å². The van der Waals surface area contributed by atoms with E-state index in [0.29, 0.717) is 12.3 Å². The van der Waals surface area contributed by atoms with E-state index in [4.69, 9.17) is 4.74 Å². The summed E-state index contributed by atoms with van der Waals surface area (Å²) >= 11 is 0. The van der Waals surface area contributed by atoms with Crippen molar-refractivity contribution in [2.45, 2.75) is 73.8 Å².